The number of benzene rings is 1. The molecular weight excluding hydrogens is 210 g/mol. The first-order valence-electron chi connectivity index (χ1n) is 5.86. The van der Waals surface area contributed by atoms with Gasteiger partial charge in [0, 0.05) is 5.56 Å². The molecule has 0 aromatic heterocycles. The maximum Gasteiger partial charge on any atom is 0.182 e. The summed E-state index contributed by atoms with van der Waals surface area (Å²) in [6, 6.07) is 7.98. The van der Waals surface area contributed by atoms with E-state index in [4.69, 9.17) is 5.26 Å². The van der Waals surface area contributed by atoms with Gasteiger partial charge in [0.1, 0.15) is 5.41 Å². The molecule has 0 spiro atoms. The van der Waals surface area contributed by atoms with Crippen LogP contribution in [0.1, 0.15) is 55.1 Å². The van der Waals surface area contributed by atoms with Crippen LogP contribution in [0.25, 0.3) is 0 Å². The lowest BCUT2D eigenvalue weighted by atomic mass is 9.83. The average molecular weight is 229 g/mol. The molecule has 0 bridgehead atoms. The number of aryl methyl sites for hydroxylation is 1. The number of hydrogen-bond donors (Lipinski definition) is 0. The third-order valence-electron chi connectivity index (χ3n) is 3.02. The van der Waals surface area contributed by atoms with Gasteiger partial charge in [0.25, 0.3) is 0 Å². The highest BCUT2D eigenvalue weighted by Gasteiger charge is 2.29. The second kappa shape index (κ2) is 4.71. The zero-order valence-corrected chi connectivity index (χ0v) is 11.2. The van der Waals surface area contributed by atoms with Crippen LogP contribution in [0.5, 0.6) is 0 Å². The van der Waals surface area contributed by atoms with Crippen LogP contribution in [0.15, 0.2) is 18.2 Å². The maximum atomic E-state index is 12.3. The molecule has 0 unspecified atom stereocenters. The topological polar surface area (TPSA) is 40.9 Å². The molecule has 2 nitrogen and oxygen atoms in total. The Labute approximate surface area is 103 Å². The smallest absolute Gasteiger partial charge is 0.182 e. The summed E-state index contributed by atoms with van der Waals surface area (Å²) in [5.74, 6) is 0.285. The molecule has 17 heavy (non-hydrogen) atoms. The van der Waals surface area contributed by atoms with Gasteiger partial charge in [-0.15, -0.1) is 0 Å². The standard InChI is InChI=1S/C15H19NO/c1-10(2)12-7-6-11(3)13(8-12)14(17)15(4,5)9-16/h6-8,10H,1-5H3. The fraction of sp³-hybridized carbons (Fsp3) is 0.467. The molecule has 1 aromatic rings. The molecule has 0 heterocycles. The normalized spacial score (nSPS) is 11.4. The first-order valence-corrected chi connectivity index (χ1v) is 5.86. The van der Waals surface area contributed by atoms with Crippen molar-refractivity contribution in [1.29, 1.82) is 5.26 Å². The lowest BCUT2D eigenvalue weighted by Crippen LogP contribution is -2.23. The Morgan fingerprint density at radius 1 is 1.35 bits per heavy atom. The Morgan fingerprint density at radius 2 is 1.94 bits per heavy atom. The van der Waals surface area contributed by atoms with E-state index in [1.807, 2.05) is 25.1 Å². The number of hydrogen-bond acceptors (Lipinski definition) is 2. The maximum absolute atomic E-state index is 12.3. The summed E-state index contributed by atoms with van der Waals surface area (Å²) in [6.07, 6.45) is 0. The number of carbonyl (C=O) groups excluding carboxylic acids is 1. The fourth-order valence-electron chi connectivity index (χ4n) is 1.63. The average Bonchev–Trinajstić information content (AvgIpc) is 2.28. The molecule has 0 saturated heterocycles. The van der Waals surface area contributed by atoms with Crippen molar-refractivity contribution in [2.75, 3.05) is 0 Å². The number of carbonyl (C=O) groups is 1. The highest BCUT2D eigenvalue weighted by atomic mass is 16.1. The molecule has 0 saturated carbocycles. The molecule has 90 valence electrons. The van der Waals surface area contributed by atoms with Gasteiger partial charge in [-0.05, 0) is 43.9 Å². The number of nitriles is 1. The number of ketones is 1. The van der Waals surface area contributed by atoms with Gasteiger partial charge in [0.15, 0.2) is 5.78 Å². The van der Waals surface area contributed by atoms with Crippen molar-refractivity contribution >= 4 is 5.78 Å². The molecule has 1 rings (SSSR count). The van der Waals surface area contributed by atoms with Gasteiger partial charge in [0.2, 0.25) is 0 Å². The Balaban J connectivity index is 3.28. The summed E-state index contributed by atoms with van der Waals surface area (Å²) in [6.45, 7) is 9.42. The van der Waals surface area contributed by atoms with Gasteiger partial charge >= 0.3 is 0 Å². The van der Waals surface area contributed by atoms with Crippen LogP contribution in [0.4, 0.5) is 0 Å². The molecule has 0 amide bonds. The van der Waals surface area contributed by atoms with Gasteiger partial charge in [-0.1, -0.05) is 26.0 Å². The van der Waals surface area contributed by atoms with Crippen molar-refractivity contribution < 1.29 is 4.79 Å². The number of rotatable bonds is 3. The molecule has 0 aliphatic rings. The van der Waals surface area contributed by atoms with E-state index in [-0.39, 0.29) is 5.78 Å². The first kappa shape index (κ1) is 13.4. The first-order chi connectivity index (χ1) is 7.79. The van der Waals surface area contributed by atoms with Crippen LogP contribution in [-0.4, -0.2) is 5.78 Å². The molecule has 0 N–H and O–H groups in total. The van der Waals surface area contributed by atoms with Crippen LogP contribution >= 0.6 is 0 Å². The second-order valence-electron chi connectivity index (χ2n) is 5.29. The predicted octanol–water partition coefficient (Wildman–Crippen LogP) is 3.85. The van der Waals surface area contributed by atoms with Gasteiger partial charge in [-0.2, -0.15) is 5.26 Å². The van der Waals surface area contributed by atoms with Crippen LogP contribution in [0, 0.1) is 23.7 Å². The fourth-order valence-corrected chi connectivity index (χ4v) is 1.63. The monoisotopic (exact) mass is 229 g/mol. The highest BCUT2D eigenvalue weighted by Crippen LogP contribution is 2.25. The van der Waals surface area contributed by atoms with Crippen LogP contribution in [-0.2, 0) is 0 Å². The summed E-state index contributed by atoms with van der Waals surface area (Å²) >= 11 is 0. The zero-order valence-electron chi connectivity index (χ0n) is 11.2. The molecule has 0 aliphatic heterocycles. The second-order valence-corrected chi connectivity index (χ2v) is 5.29. The third-order valence-corrected chi connectivity index (χ3v) is 3.02. The van der Waals surface area contributed by atoms with Crippen molar-refractivity contribution in [3.8, 4) is 6.07 Å². The van der Waals surface area contributed by atoms with E-state index >= 15 is 0 Å². The SMILES string of the molecule is Cc1ccc(C(C)C)cc1C(=O)C(C)(C)C#N. The van der Waals surface area contributed by atoms with E-state index in [0.717, 1.165) is 11.1 Å². The molecule has 0 fully saturated rings. The van der Waals surface area contributed by atoms with Crippen molar-refractivity contribution in [3.63, 3.8) is 0 Å². The van der Waals surface area contributed by atoms with Crippen molar-refractivity contribution in [2.45, 2.75) is 40.5 Å². The molecule has 0 radical (unpaired) electrons. The molecule has 2 heteroatoms. The summed E-state index contributed by atoms with van der Waals surface area (Å²) < 4.78 is 0. The van der Waals surface area contributed by atoms with E-state index in [9.17, 15) is 4.79 Å². The predicted molar refractivity (Wildman–Crippen MR) is 69.0 cm³/mol. The number of nitrogens with zero attached hydrogens (tertiary/aromatic N) is 1. The van der Waals surface area contributed by atoms with Crippen molar-refractivity contribution in [3.05, 3.63) is 34.9 Å². The molecule has 0 aliphatic carbocycles. The van der Waals surface area contributed by atoms with E-state index < -0.39 is 5.41 Å². The minimum Gasteiger partial charge on any atom is -0.292 e. The van der Waals surface area contributed by atoms with E-state index in [2.05, 4.69) is 19.9 Å². The Bertz CT molecular complexity index is 478. The summed E-state index contributed by atoms with van der Waals surface area (Å²) in [5, 5.41) is 9.02. The summed E-state index contributed by atoms with van der Waals surface area (Å²) in [4.78, 5) is 12.3. The van der Waals surface area contributed by atoms with Gasteiger partial charge in [-0.3, -0.25) is 4.79 Å². The van der Waals surface area contributed by atoms with Crippen LogP contribution in [0.3, 0.4) is 0 Å². The van der Waals surface area contributed by atoms with Crippen LogP contribution in [0.2, 0.25) is 0 Å². The van der Waals surface area contributed by atoms with E-state index in [1.165, 1.54) is 0 Å². The van der Waals surface area contributed by atoms with Gasteiger partial charge in [-0.25, -0.2) is 0 Å². The molecular formula is C15H19NO. The largest absolute Gasteiger partial charge is 0.292 e. The highest BCUT2D eigenvalue weighted by molar-refractivity contribution is 6.03. The Kier molecular flexibility index (Phi) is 3.72. The van der Waals surface area contributed by atoms with Crippen LogP contribution < -0.4 is 0 Å². The van der Waals surface area contributed by atoms with E-state index in [1.54, 1.807) is 13.8 Å². The van der Waals surface area contributed by atoms with Crippen molar-refractivity contribution in [2.24, 2.45) is 5.41 Å². The minimum atomic E-state index is -0.958. The third kappa shape index (κ3) is 2.74. The Morgan fingerprint density at radius 3 is 2.41 bits per heavy atom. The molecule has 0 atom stereocenters. The van der Waals surface area contributed by atoms with Gasteiger partial charge in [0.05, 0.1) is 6.07 Å². The number of Topliss-reactive ketones (excluding diaryl/α,β-unsaturated/α-hetero) is 1. The Hall–Kier alpha value is -1.62. The summed E-state index contributed by atoms with van der Waals surface area (Å²) in [5.41, 5.74) is 1.78. The quantitative estimate of drug-likeness (QED) is 0.739. The minimum absolute atomic E-state index is 0.0972. The lowest BCUT2D eigenvalue weighted by molar-refractivity contribution is 0.0891. The molecule has 1 aromatic carbocycles. The zero-order chi connectivity index (χ0) is 13.2. The lowest BCUT2D eigenvalue weighted by Gasteiger charge is -2.17. The van der Waals surface area contributed by atoms with Gasteiger partial charge < -0.3 is 0 Å². The van der Waals surface area contributed by atoms with Crippen molar-refractivity contribution in [1.82, 2.24) is 0 Å². The summed E-state index contributed by atoms with van der Waals surface area (Å²) in [7, 11) is 0. The van der Waals surface area contributed by atoms with E-state index in [0.29, 0.717) is 11.5 Å².